The molecule has 1 fully saturated rings. The van der Waals surface area contributed by atoms with Gasteiger partial charge in [0.05, 0.1) is 10.6 Å². The Morgan fingerprint density at radius 2 is 1.74 bits per heavy atom. The van der Waals surface area contributed by atoms with Gasteiger partial charge >= 0.3 is 0 Å². The van der Waals surface area contributed by atoms with Crippen LogP contribution in [0.15, 0.2) is 48.5 Å². The molecule has 0 spiro atoms. The minimum absolute atomic E-state index is 0.145. The first kappa shape index (κ1) is 15.5. The fraction of sp³-hybridized carbons (Fsp3) is 0.176. The Bertz CT molecular complexity index is 766. The van der Waals surface area contributed by atoms with Crippen LogP contribution in [0.2, 0.25) is 5.02 Å². The van der Waals surface area contributed by atoms with Gasteiger partial charge < -0.3 is 0 Å². The average molecular weight is 333 g/mol. The van der Waals surface area contributed by atoms with Crippen LogP contribution in [0.4, 0.5) is 4.39 Å². The van der Waals surface area contributed by atoms with Crippen molar-refractivity contribution in [2.75, 3.05) is 0 Å². The summed E-state index contributed by atoms with van der Waals surface area (Å²) in [6, 6.07) is 12.9. The van der Waals surface area contributed by atoms with Crippen LogP contribution in [0.5, 0.6) is 0 Å². The fourth-order valence-corrected chi connectivity index (χ4v) is 2.75. The van der Waals surface area contributed by atoms with Gasteiger partial charge in [0.2, 0.25) is 5.91 Å². The summed E-state index contributed by atoms with van der Waals surface area (Å²) in [5, 5.41) is 0.301. The highest BCUT2D eigenvalue weighted by Gasteiger charge is 2.45. The third kappa shape index (κ3) is 3.35. The number of hydrazine groups is 1. The lowest BCUT2D eigenvalue weighted by molar-refractivity contribution is -0.123. The van der Waals surface area contributed by atoms with E-state index in [1.165, 1.54) is 6.07 Å². The van der Waals surface area contributed by atoms with E-state index in [-0.39, 0.29) is 29.1 Å². The van der Waals surface area contributed by atoms with Crippen molar-refractivity contribution in [3.8, 4) is 0 Å². The third-order valence-electron chi connectivity index (χ3n) is 3.85. The zero-order valence-electron chi connectivity index (χ0n) is 12.1. The van der Waals surface area contributed by atoms with Crippen LogP contribution in [-0.2, 0) is 4.79 Å². The van der Waals surface area contributed by atoms with Crippen molar-refractivity contribution in [1.29, 1.82) is 0 Å². The molecule has 1 saturated carbocycles. The summed E-state index contributed by atoms with van der Waals surface area (Å²) in [6.07, 6.45) is 0.564. The molecule has 2 unspecified atom stereocenters. The first-order valence-electron chi connectivity index (χ1n) is 7.17. The zero-order valence-corrected chi connectivity index (χ0v) is 12.8. The van der Waals surface area contributed by atoms with Crippen molar-refractivity contribution in [2.24, 2.45) is 5.92 Å². The summed E-state index contributed by atoms with van der Waals surface area (Å²) in [5.74, 6) is -1.62. The Morgan fingerprint density at radius 3 is 2.48 bits per heavy atom. The average Bonchev–Trinajstić information content (AvgIpc) is 3.33. The molecule has 23 heavy (non-hydrogen) atoms. The van der Waals surface area contributed by atoms with Crippen LogP contribution in [0.3, 0.4) is 0 Å². The molecule has 118 valence electrons. The molecule has 1 aliphatic carbocycles. The monoisotopic (exact) mass is 332 g/mol. The Kier molecular flexibility index (Phi) is 4.30. The van der Waals surface area contributed by atoms with Crippen molar-refractivity contribution >= 4 is 23.4 Å². The predicted molar refractivity (Wildman–Crippen MR) is 84.3 cm³/mol. The topological polar surface area (TPSA) is 58.2 Å². The molecular formula is C17H14ClFN2O2. The van der Waals surface area contributed by atoms with E-state index < -0.39 is 5.91 Å². The standard InChI is InChI=1S/C17H14ClFN2O2/c18-14-7-3-1-6-11(14)16(22)20-21-17(23)13-9-12(13)10-5-2-4-8-15(10)19/h1-8,12-13H,9H2,(H,20,22)(H,21,23). The van der Waals surface area contributed by atoms with E-state index >= 15 is 0 Å². The summed E-state index contributed by atoms with van der Waals surface area (Å²) in [7, 11) is 0. The summed E-state index contributed by atoms with van der Waals surface area (Å²) in [6.45, 7) is 0. The number of benzene rings is 2. The van der Waals surface area contributed by atoms with Crippen LogP contribution in [0.25, 0.3) is 0 Å². The molecule has 4 nitrogen and oxygen atoms in total. The molecule has 1 aliphatic rings. The number of nitrogens with one attached hydrogen (secondary N) is 2. The Hall–Kier alpha value is -2.40. The first-order chi connectivity index (χ1) is 11.1. The largest absolute Gasteiger partial charge is 0.273 e. The first-order valence-corrected chi connectivity index (χ1v) is 7.55. The van der Waals surface area contributed by atoms with Gasteiger partial charge in [-0.2, -0.15) is 0 Å². The van der Waals surface area contributed by atoms with E-state index in [4.69, 9.17) is 11.6 Å². The van der Waals surface area contributed by atoms with Crippen LogP contribution in [0, 0.1) is 11.7 Å². The molecule has 0 aliphatic heterocycles. The van der Waals surface area contributed by atoms with Gasteiger partial charge in [0.25, 0.3) is 5.91 Å². The maximum atomic E-state index is 13.7. The number of rotatable bonds is 3. The second-order valence-corrected chi connectivity index (χ2v) is 5.80. The summed E-state index contributed by atoms with van der Waals surface area (Å²) >= 11 is 5.91. The lowest BCUT2D eigenvalue weighted by Crippen LogP contribution is -2.42. The molecule has 3 rings (SSSR count). The van der Waals surface area contributed by atoms with Gasteiger partial charge in [-0.3, -0.25) is 20.4 Å². The van der Waals surface area contributed by atoms with Crippen molar-refractivity contribution in [2.45, 2.75) is 12.3 Å². The molecule has 0 heterocycles. The predicted octanol–water partition coefficient (Wildman–Crippen LogP) is 3.04. The van der Waals surface area contributed by atoms with E-state index in [1.54, 1.807) is 42.5 Å². The van der Waals surface area contributed by atoms with E-state index in [9.17, 15) is 14.0 Å². The van der Waals surface area contributed by atoms with Crippen molar-refractivity contribution < 1.29 is 14.0 Å². The summed E-state index contributed by atoms with van der Waals surface area (Å²) in [5.41, 5.74) is 5.51. The summed E-state index contributed by atoms with van der Waals surface area (Å²) in [4.78, 5) is 24.0. The quantitative estimate of drug-likeness (QED) is 0.849. The van der Waals surface area contributed by atoms with Crippen LogP contribution in [0.1, 0.15) is 28.3 Å². The normalized spacial score (nSPS) is 19.0. The molecule has 2 atom stereocenters. The number of halogens is 2. The molecular weight excluding hydrogens is 319 g/mol. The van der Waals surface area contributed by atoms with Crippen molar-refractivity contribution in [1.82, 2.24) is 10.9 Å². The molecule has 2 amide bonds. The highest BCUT2D eigenvalue weighted by atomic mass is 35.5. The molecule has 0 radical (unpaired) electrons. The lowest BCUT2D eigenvalue weighted by atomic mass is 10.1. The second-order valence-electron chi connectivity index (χ2n) is 5.39. The van der Waals surface area contributed by atoms with E-state index in [0.717, 1.165) is 0 Å². The smallest absolute Gasteiger partial charge is 0.271 e. The highest BCUT2D eigenvalue weighted by molar-refractivity contribution is 6.33. The van der Waals surface area contributed by atoms with Gasteiger partial charge in [0, 0.05) is 5.92 Å². The van der Waals surface area contributed by atoms with Crippen LogP contribution < -0.4 is 10.9 Å². The van der Waals surface area contributed by atoms with Gasteiger partial charge in [0.15, 0.2) is 0 Å². The fourth-order valence-electron chi connectivity index (χ4n) is 2.53. The van der Waals surface area contributed by atoms with Crippen LogP contribution in [-0.4, -0.2) is 11.8 Å². The Labute approximate surface area is 137 Å². The molecule has 0 bridgehead atoms. The molecule has 6 heteroatoms. The molecule has 0 aromatic heterocycles. The van der Waals surface area contributed by atoms with Gasteiger partial charge in [-0.1, -0.05) is 41.9 Å². The summed E-state index contributed by atoms with van der Waals surface area (Å²) < 4.78 is 13.7. The maximum absolute atomic E-state index is 13.7. The number of carbonyl (C=O) groups is 2. The van der Waals surface area contributed by atoms with Crippen LogP contribution >= 0.6 is 11.6 Å². The van der Waals surface area contributed by atoms with Gasteiger partial charge in [-0.15, -0.1) is 0 Å². The molecule has 2 aromatic rings. The van der Waals surface area contributed by atoms with E-state index in [2.05, 4.69) is 10.9 Å². The number of carbonyl (C=O) groups excluding carboxylic acids is 2. The maximum Gasteiger partial charge on any atom is 0.271 e. The van der Waals surface area contributed by atoms with Gasteiger partial charge in [0.1, 0.15) is 5.82 Å². The SMILES string of the molecule is O=C(NNC(=O)C1CC1c1ccccc1F)c1ccccc1Cl. The van der Waals surface area contributed by atoms with Gasteiger partial charge in [-0.25, -0.2) is 4.39 Å². The minimum Gasteiger partial charge on any atom is -0.273 e. The Morgan fingerprint density at radius 1 is 1.04 bits per heavy atom. The number of hydrogen-bond donors (Lipinski definition) is 2. The van der Waals surface area contributed by atoms with Crippen molar-refractivity contribution in [3.63, 3.8) is 0 Å². The zero-order chi connectivity index (χ0) is 16.4. The number of hydrogen-bond acceptors (Lipinski definition) is 2. The highest BCUT2D eigenvalue weighted by Crippen LogP contribution is 2.48. The molecule has 0 saturated heterocycles. The Balaban J connectivity index is 1.56. The third-order valence-corrected chi connectivity index (χ3v) is 4.18. The second kappa shape index (κ2) is 6.38. The molecule has 2 N–H and O–H groups in total. The van der Waals surface area contributed by atoms with E-state index in [1.807, 2.05) is 0 Å². The molecule has 2 aromatic carbocycles. The van der Waals surface area contributed by atoms with E-state index in [0.29, 0.717) is 17.0 Å². The number of amides is 2. The minimum atomic E-state index is -0.493. The lowest BCUT2D eigenvalue weighted by Gasteiger charge is -2.08. The van der Waals surface area contributed by atoms with Crippen molar-refractivity contribution in [3.05, 3.63) is 70.5 Å². The van der Waals surface area contributed by atoms with Gasteiger partial charge in [-0.05, 0) is 36.1 Å².